The molecular formula is C12H18N2S. The maximum absolute atomic E-state index is 5.18. The van der Waals surface area contributed by atoms with Crippen LogP contribution in [0.5, 0.6) is 0 Å². The maximum Gasteiger partial charge on any atom is 0.0574 e. The number of hydrogen-bond acceptors (Lipinski definition) is 3. The monoisotopic (exact) mass is 222 g/mol. The molecule has 0 amide bonds. The SMILES string of the molecule is C#CCNCC(C)N(C)Cc1ccsc1. The van der Waals surface area contributed by atoms with Crippen molar-refractivity contribution >= 4 is 11.3 Å². The Kier molecular flexibility index (Phi) is 5.41. The smallest absolute Gasteiger partial charge is 0.0574 e. The molecule has 82 valence electrons. The van der Waals surface area contributed by atoms with Gasteiger partial charge in [-0.15, -0.1) is 6.42 Å². The molecule has 1 atom stereocenters. The molecule has 0 aliphatic carbocycles. The zero-order valence-electron chi connectivity index (χ0n) is 9.36. The molecule has 3 heteroatoms. The van der Waals surface area contributed by atoms with E-state index in [2.05, 4.69) is 46.9 Å². The highest BCUT2D eigenvalue weighted by molar-refractivity contribution is 7.07. The Labute approximate surface area is 96.3 Å². The Bertz CT molecular complexity index is 300. The maximum atomic E-state index is 5.18. The van der Waals surface area contributed by atoms with Crippen LogP contribution in [0.2, 0.25) is 0 Å². The van der Waals surface area contributed by atoms with Crippen LogP contribution in [0.3, 0.4) is 0 Å². The van der Waals surface area contributed by atoms with Crippen LogP contribution in [0.4, 0.5) is 0 Å². The van der Waals surface area contributed by atoms with E-state index in [0.717, 1.165) is 13.1 Å². The highest BCUT2D eigenvalue weighted by Gasteiger charge is 2.08. The van der Waals surface area contributed by atoms with Gasteiger partial charge in [0.2, 0.25) is 0 Å². The first-order valence-electron chi connectivity index (χ1n) is 5.09. The van der Waals surface area contributed by atoms with Crippen LogP contribution < -0.4 is 5.32 Å². The average molecular weight is 222 g/mol. The van der Waals surface area contributed by atoms with E-state index in [9.17, 15) is 0 Å². The molecule has 15 heavy (non-hydrogen) atoms. The summed E-state index contributed by atoms with van der Waals surface area (Å²) < 4.78 is 0. The highest BCUT2D eigenvalue weighted by Crippen LogP contribution is 2.09. The second kappa shape index (κ2) is 6.62. The molecular weight excluding hydrogens is 204 g/mol. The van der Waals surface area contributed by atoms with Crippen molar-refractivity contribution in [3.05, 3.63) is 22.4 Å². The Morgan fingerprint density at radius 1 is 1.67 bits per heavy atom. The molecule has 0 saturated carbocycles. The number of terminal acetylenes is 1. The van der Waals surface area contributed by atoms with Gasteiger partial charge >= 0.3 is 0 Å². The van der Waals surface area contributed by atoms with E-state index < -0.39 is 0 Å². The standard InChI is InChI=1S/C12H18N2S/c1-4-6-13-8-11(2)14(3)9-12-5-7-15-10-12/h1,5,7,10-11,13H,6,8-9H2,2-3H3. The first-order chi connectivity index (χ1) is 7.24. The Balaban J connectivity index is 2.27. The number of hydrogen-bond donors (Lipinski definition) is 1. The van der Waals surface area contributed by atoms with E-state index in [-0.39, 0.29) is 0 Å². The summed E-state index contributed by atoms with van der Waals surface area (Å²) >= 11 is 1.75. The van der Waals surface area contributed by atoms with E-state index >= 15 is 0 Å². The quantitative estimate of drug-likeness (QED) is 0.583. The molecule has 1 aromatic heterocycles. The van der Waals surface area contributed by atoms with Gasteiger partial charge in [-0.2, -0.15) is 11.3 Å². The van der Waals surface area contributed by atoms with E-state index in [1.54, 1.807) is 11.3 Å². The molecule has 1 heterocycles. The molecule has 0 aliphatic heterocycles. The lowest BCUT2D eigenvalue weighted by atomic mass is 10.2. The van der Waals surface area contributed by atoms with Crippen LogP contribution in [0.15, 0.2) is 16.8 Å². The largest absolute Gasteiger partial charge is 0.305 e. The van der Waals surface area contributed by atoms with Gasteiger partial charge in [-0.1, -0.05) is 5.92 Å². The third-order valence-corrected chi connectivity index (χ3v) is 3.16. The van der Waals surface area contributed by atoms with Gasteiger partial charge in [0.1, 0.15) is 0 Å². The highest BCUT2D eigenvalue weighted by atomic mass is 32.1. The molecule has 0 saturated heterocycles. The van der Waals surface area contributed by atoms with E-state index in [1.807, 2.05) is 0 Å². The first-order valence-corrected chi connectivity index (χ1v) is 6.04. The normalized spacial score (nSPS) is 12.7. The van der Waals surface area contributed by atoms with Gasteiger partial charge in [-0.05, 0) is 36.4 Å². The summed E-state index contributed by atoms with van der Waals surface area (Å²) in [5.74, 6) is 2.58. The van der Waals surface area contributed by atoms with Crippen molar-refractivity contribution in [2.45, 2.75) is 19.5 Å². The molecule has 0 aliphatic rings. The number of nitrogens with zero attached hydrogens (tertiary/aromatic N) is 1. The molecule has 1 aromatic rings. The minimum atomic E-state index is 0.498. The van der Waals surface area contributed by atoms with Crippen molar-refractivity contribution in [3.63, 3.8) is 0 Å². The van der Waals surface area contributed by atoms with Crippen molar-refractivity contribution in [3.8, 4) is 12.3 Å². The first kappa shape index (κ1) is 12.3. The van der Waals surface area contributed by atoms with Gasteiger partial charge in [-0.3, -0.25) is 4.90 Å². The topological polar surface area (TPSA) is 15.3 Å². The van der Waals surface area contributed by atoms with Crippen molar-refractivity contribution in [1.29, 1.82) is 0 Å². The predicted octanol–water partition coefficient (Wildman–Crippen LogP) is 1.79. The van der Waals surface area contributed by atoms with Gasteiger partial charge in [-0.25, -0.2) is 0 Å². The fraction of sp³-hybridized carbons (Fsp3) is 0.500. The van der Waals surface area contributed by atoms with Crippen molar-refractivity contribution in [2.75, 3.05) is 20.1 Å². The second-order valence-electron chi connectivity index (χ2n) is 3.73. The van der Waals surface area contributed by atoms with Crippen LogP contribution >= 0.6 is 11.3 Å². The molecule has 0 radical (unpaired) electrons. The average Bonchev–Trinajstić information content (AvgIpc) is 2.70. The molecule has 0 aromatic carbocycles. The van der Waals surface area contributed by atoms with Crippen LogP contribution in [0.1, 0.15) is 12.5 Å². The lowest BCUT2D eigenvalue weighted by Crippen LogP contribution is -2.37. The lowest BCUT2D eigenvalue weighted by molar-refractivity contribution is 0.245. The lowest BCUT2D eigenvalue weighted by Gasteiger charge is -2.24. The van der Waals surface area contributed by atoms with Gasteiger partial charge < -0.3 is 5.32 Å². The van der Waals surface area contributed by atoms with Crippen LogP contribution in [0, 0.1) is 12.3 Å². The molecule has 1 rings (SSSR count). The summed E-state index contributed by atoms with van der Waals surface area (Å²) in [5, 5.41) is 7.53. The predicted molar refractivity (Wildman–Crippen MR) is 67.0 cm³/mol. The van der Waals surface area contributed by atoms with Crippen molar-refractivity contribution in [2.24, 2.45) is 0 Å². The summed E-state index contributed by atoms with van der Waals surface area (Å²) in [7, 11) is 2.14. The van der Waals surface area contributed by atoms with Gasteiger partial charge in [0.25, 0.3) is 0 Å². The molecule has 1 unspecified atom stereocenters. The molecule has 1 N–H and O–H groups in total. The fourth-order valence-corrected chi connectivity index (χ4v) is 2.00. The summed E-state index contributed by atoms with van der Waals surface area (Å²) in [6.45, 7) is 4.79. The summed E-state index contributed by atoms with van der Waals surface area (Å²) in [5.41, 5.74) is 1.38. The van der Waals surface area contributed by atoms with Gasteiger partial charge in [0.05, 0.1) is 6.54 Å². The number of likely N-dealkylation sites (N-methyl/N-ethyl adjacent to an activating group) is 1. The molecule has 0 fully saturated rings. The summed E-state index contributed by atoms with van der Waals surface area (Å²) in [4.78, 5) is 2.32. The van der Waals surface area contributed by atoms with Crippen molar-refractivity contribution < 1.29 is 0 Å². The summed E-state index contributed by atoms with van der Waals surface area (Å²) in [6, 6.07) is 2.67. The zero-order chi connectivity index (χ0) is 11.1. The second-order valence-corrected chi connectivity index (χ2v) is 4.51. The minimum Gasteiger partial charge on any atom is -0.305 e. The van der Waals surface area contributed by atoms with E-state index in [0.29, 0.717) is 12.6 Å². The van der Waals surface area contributed by atoms with Crippen LogP contribution in [-0.4, -0.2) is 31.1 Å². The van der Waals surface area contributed by atoms with Crippen LogP contribution in [0.25, 0.3) is 0 Å². The number of rotatable bonds is 6. The Morgan fingerprint density at radius 3 is 3.07 bits per heavy atom. The van der Waals surface area contributed by atoms with E-state index in [1.165, 1.54) is 5.56 Å². The third-order valence-electron chi connectivity index (χ3n) is 2.43. The minimum absolute atomic E-state index is 0.498. The fourth-order valence-electron chi connectivity index (χ4n) is 1.34. The number of nitrogens with one attached hydrogen (secondary N) is 1. The van der Waals surface area contributed by atoms with Crippen molar-refractivity contribution in [1.82, 2.24) is 10.2 Å². The van der Waals surface area contributed by atoms with E-state index in [4.69, 9.17) is 6.42 Å². The number of thiophene rings is 1. The Hall–Kier alpha value is -0.820. The summed E-state index contributed by atoms with van der Waals surface area (Å²) in [6.07, 6.45) is 5.18. The molecule has 2 nitrogen and oxygen atoms in total. The molecule has 0 bridgehead atoms. The van der Waals surface area contributed by atoms with Gasteiger partial charge in [0, 0.05) is 19.1 Å². The zero-order valence-corrected chi connectivity index (χ0v) is 10.2. The molecule has 0 spiro atoms. The third kappa shape index (κ3) is 4.48. The van der Waals surface area contributed by atoms with Crippen LogP contribution in [-0.2, 0) is 6.54 Å². The van der Waals surface area contributed by atoms with Gasteiger partial charge in [0.15, 0.2) is 0 Å². The Morgan fingerprint density at radius 2 is 2.47 bits per heavy atom.